The fourth-order valence-corrected chi connectivity index (χ4v) is 1.64. The van der Waals surface area contributed by atoms with Crippen LogP contribution in [-0.2, 0) is 9.53 Å². The van der Waals surface area contributed by atoms with Gasteiger partial charge in [0.1, 0.15) is 0 Å². The van der Waals surface area contributed by atoms with E-state index in [1.165, 1.54) is 19.1 Å². The standard InChI is InChI=1S/C10H16O2/c1-10(2)5-4-8(7-10)6-9(11)12-3/h6H,4-5,7H2,1-3H3/b8-6+. The van der Waals surface area contributed by atoms with Crippen molar-refractivity contribution in [2.75, 3.05) is 7.11 Å². The molecule has 0 spiro atoms. The molecule has 1 fully saturated rings. The van der Waals surface area contributed by atoms with Crippen molar-refractivity contribution in [2.24, 2.45) is 5.41 Å². The molecule has 0 heterocycles. The lowest BCUT2D eigenvalue weighted by Crippen LogP contribution is -2.03. The van der Waals surface area contributed by atoms with E-state index in [2.05, 4.69) is 18.6 Å². The van der Waals surface area contributed by atoms with Gasteiger partial charge in [-0.15, -0.1) is 0 Å². The van der Waals surface area contributed by atoms with Crippen molar-refractivity contribution < 1.29 is 9.53 Å². The molecule has 0 N–H and O–H groups in total. The fourth-order valence-electron chi connectivity index (χ4n) is 1.64. The zero-order valence-corrected chi connectivity index (χ0v) is 8.02. The maximum Gasteiger partial charge on any atom is 0.330 e. The summed E-state index contributed by atoms with van der Waals surface area (Å²) in [6, 6.07) is 0. The van der Waals surface area contributed by atoms with Crippen molar-refractivity contribution in [1.29, 1.82) is 0 Å². The topological polar surface area (TPSA) is 26.3 Å². The highest BCUT2D eigenvalue weighted by atomic mass is 16.5. The zero-order valence-electron chi connectivity index (χ0n) is 8.02. The molecule has 68 valence electrons. The third-order valence-electron chi connectivity index (χ3n) is 2.35. The lowest BCUT2D eigenvalue weighted by molar-refractivity contribution is -0.134. The van der Waals surface area contributed by atoms with Crippen molar-refractivity contribution in [3.8, 4) is 0 Å². The molecule has 0 saturated heterocycles. The van der Waals surface area contributed by atoms with Crippen LogP contribution in [0.5, 0.6) is 0 Å². The second kappa shape index (κ2) is 3.30. The van der Waals surface area contributed by atoms with Crippen LogP contribution in [0.4, 0.5) is 0 Å². The highest BCUT2D eigenvalue weighted by molar-refractivity contribution is 5.82. The summed E-state index contributed by atoms with van der Waals surface area (Å²) >= 11 is 0. The Bertz CT molecular complexity index is 214. The van der Waals surface area contributed by atoms with Gasteiger partial charge < -0.3 is 4.74 Å². The van der Waals surface area contributed by atoms with E-state index in [4.69, 9.17) is 0 Å². The van der Waals surface area contributed by atoms with Gasteiger partial charge in [0.2, 0.25) is 0 Å². The summed E-state index contributed by atoms with van der Waals surface area (Å²) < 4.78 is 4.56. The summed E-state index contributed by atoms with van der Waals surface area (Å²) in [7, 11) is 1.42. The van der Waals surface area contributed by atoms with E-state index in [0.717, 1.165) is 12.8 Å². The summed E-state index contributed by atoms with van der Waals surface area (Å²) in [5.74, 6) is -0.220. The van der Waals surface area contributed by atoms with Gasteiger partial charge >= 0.3 is 5.97 Å². The number of hydrogen-bond acceptors (Lipinski definition) is 2. The maximum absolute atomic E-state index is 10.9. The number of allylic oxidation sites excluding steroid dienone is 1. The highest BCUT2D eigenvalue weighted by Gasteiger charge is 2.26. The molecule has 0 bridgehead atoms. The zero-order chi connectivity index (χ0) is 9.19. The predicted octanol–water partition coefficient (Wildman–Crippen LogP) is 2.30. The summed E-state index contributed by atoms with van der Waals surface area (Å²) in [5.41, 5.74) is 1.60. The molecule has 0 aromatic carbocycles. The van der Waals surface area contributed by atoms with E-state index >= 15 is 0 Å². The molecule has 0 atom stereocenters. The predicted molar refractivity (Wildman–Crippen MR) is 47.7 cm³/mol. The maximum atomic E-state index is 10.9. The monoisotopic (exact) mass is 168 g/mol. The van der Waals surface area contributed by atoms with Crippen LogP contribution in [0.3, 0.4) is 0 Å². The molecule has 0 radical (unpaired) electrons. The number of hydrogen-bond donors (Lipinski definition) is 0. The van der Waals surface area contributed by atoms with Crippen LogP contribution in [0.1, 0.15) is 33.1 Å². The number of carbonyl (C=O) groups excluding carboxylic acids is 1. The molecule has 2 heteroatoms. The van der Waals surface area contributed by atoms with Crippen molar-refractivity contribution in [3.63, 3.8) is 0 Å². The first kappa shape index (κ1) is 9.30. The SMILES string of the molecule is COC(=O)/C=C1\CCC(C)(C)C1. The minimum Gasteiger partial charge on any atom is -0.466 e. The molecule has 0 aromatic rings. The molecular weight excluding hydrogens is 152 g/mol. The van der Waals surface area contributed by atoms with Gasteiger partial charge in [0, 0.05) is 6.08 Å². The molecular formula is C10H16O2. The molecule has 0 aliphatic heterocycles. The van der Waals surface area contributed by atoms with E-state index in [9.17, 15) is 4.79 Å². The second-order valence-corrected chi connectivity index (χ2v) is 4.17. The van der Waals surface area contributed by atoms with Crippen LogP contribution in [0.2, 0.25) is 0 Å². The average Bonchev–Trinajstić information content (AvgIpc) is 2.30. The Hall–Kier alpha value is -0.790. The Morgan fingerprint density at radius 3 is 2.67 bits per heavy atom. The van der Waals surface area contributed by atoms with Crippen molar-refractivity contribution >= 4 is 5.97 Å². The fraction of sp³-hybridized carbons (Fsp3) is 0.700. The van der Waals surface area contributed by atoms with E-state index < -0.39 is 0 Å². The second-order valence-electron chi connectivity index (χ2n) is 4.17. The Balaban J connectivity index is 2.57. The molecule has 0 amide bonds. The smallest absolute Gasteiger partial charge is 0.330 e. The van der Waals surface area contributed by atoms with Crippen molar-refractivity contribution in [1.82, 2.24) is 0 Å². The molecule has 1 aliphatic carbocycles. The molecule has 0 unspecified atom stereocenters. The molecule has 1 rings (SSSR count). The van der Waals surface area contributed by atoms with Crippen LogP contribution in [0.25, 0.3) is 0 Å². The van der Waals surface area contributed by atoms with Gasteiger partial charge in [-0.1, -0.05) is 19.4 Å². The van der Waals surface area contributed by atoms with Crippen LogP contribution in [0, 0.1) is 5.41 Å². The van der Waals surface area contributed by atoms with Crippen LogP contribution in [0.15, 0.2) is 11.6 Å². The third kappa shape index (κ3) is 2.36. The highest BCUT2D eigenvalue weighted by Crippen LogP contribution is 2.40. The number of ether oxygens (including phenoxy) is 1. The van der Waals surface area contributed by atoms with Gasteiger partial charge in [0.25, 0.3) is 0 Å². The summed E-state index contributed by atoms with van der Waals surface area (Å²) in [5, 5.41) is 0. The van der Waals surface area contributed by atoms with Crippen molar-refractivity contribution in [2.45, 2.75) is 33.1 Å². The van der Waals surface area contributed by atoms with Crippen LogP contribution >= 0.6 is 0 Å². The largest absolute Gasteiger partial charge is 0.466 e. The van der Waals surface area contributed by atoms with Gasteiger partial charge in [-0.3, -0.25) is 0 Å². The van der Waals surface area contributed by atoms with Gasteiger partial charge in [-0.2, -0.15) is 0 Å². The molecule has 1 saturated carbocycles. The van der Waals surface area contributed by atoms with Gasteiger partial charge in [-0.25, -0.2) is 4.79 Å². The van der Waals surface area contributed by atoms with Crippen LogP contribution in [-0.4, -0.2) is 13.1 Å². The normalized spacial score (nSPS) is 24.4. The van der Waals surface area contributed by atoms with Crippen LogP contribution < -0.4 is 0 Å². The Kier molecular flexibility index (Phi) is 2.55. The van der Waals surface area contributed by atoms with Crippen molar-refractivity contribution in [3.05, 3.63) is 11.6 Å². The summed E-state index contributed by atoms with van der Waals surface area (Å²) in [6.45, 7) is 4.45. The van der Waals surface area contributed by atoms with E-state index in [1.807, 2.05) is 0 Å². The molecule has 1 aliphatic rings. The lowest BCUT2D eigenvalue weighted by atomic mass is 9.92. The third-order valence-corrected chi connectivity index (χ3v) is 2.35. The van der Waals surface area contributed by atoms with Gasteiger partial charge in [0.05, 0.1) is 7.11 Å². The van der Waals surface area contributed by atoms with Gasteiger partial charge in [0.15, 0.2) is 0 Å². The first-order valence-electron chi connectivity index (χ1n) is 4.31. The minimum absolute atomic E-state index is 0.220. The Labute approximate surface area is 73.6 Å². The number of rotatable bonds is 1. The van der Waals surface area contributed by atoms with E-state index in [-0.39, 0.29) is 5.97 Å². The molecule has 0 aromatic heterocycles. The first-order chi connectivity index (χ1) is 5.53. The molecule has 2 nitrogen and oxygen atoms in total. The number of esters is 1. The number of methoxy groups -OCH3 is 1. The Morgan fingerprint density at radius 1 is 1.58 bits per heavy atom. The molecule has 12 heavy (non-hydrogen) atoms. The quantitative estimate of drug-likeness (QED) is 0.443. The minimum atomic E-state index is -0.220. The van der Waals surface area contributed by atoms with Gasteiger partial charge in [-0.05, 0) is 24.7 Å². The van der Waals surface area contributed by atoms with E-state index in [0.29, 0.717) is 5.41 Å². The lowest BCUT2D eigenvalue weighted by Gasteiger charge is -2.14. The Morgan fingerprint density at radius 2 is 2.25 bits per heavy atom. The summed E-state index contributed by atoms with van der Waals surface area (Å²) in [6.07, 6.45) is 4.88. The average molecular weight is 168 g/mol. The van der Waals surface area contributed by atoms with E-state index in [1.54, 1.807) is 6.08 Å². The number of carbonyl (C=O) groups is 1. The first-order valence-corrected chi connectivity index (χ1v) is 4.31. The summed E-state index contributed by atoms with van der Waals surface area (Å²) in [4.78, 5) is 10.9.